The third-order valence-corrected chi connectivity index (χ3v) is 3.94. The number of benzene rings is 2. The van der Waals surface area contributed by atoms with Gasteiger partial charge in [-0.05, 0) is 42.3 Å². The largest absolute Gasteiger partial charge is 0.316 e. The molecule has 0 spiro atoms. The molecule has 2 rings (SSSR count). The zero-order valence-corrected chi connectivity index (χ0v) is 13.1. The van der Waals surface area contributed by atoms with Gasteiger partial charge in [-0.1, -0.05) is 60.5 Å². The number of hydrogen-bond acceptors (Lipinski definition) is 1. The molecule has 1 N–H and O–H groups in total. The fraction of sp³-hybridized carbons (Fsp3) is 0.294. The van der Waals surface area contributed by atoms with Crippen molar-refractivity contribution in [3.8, 4) is 0 Å². The second-order valence-electron chi connectivity index (χ2n) is 4.86. The Morgan fingerprint density at radius 1 is 1.05 bits per heavy atom. The van der Waals surface area contributed by atoms with E-state index in [9.17, 15) is 0 Å². The molecule has 1 nitrogen and oxygen atoms in total. The third kappa shape index (κ3) is 4.24. The van der Waals surface area contributed by atoms with Crippen LogP contribution >= 0.6 is 23.2 Å². The Kier molecular flexibility index (Phi) is 5.90. The normalized spacial score (nSPS) is 12.3. The molecular weight excluding hydrogens is 289 g/mol. The van der Waals surface area contributed by atoms with Gasteiger partial charge in [-0.3, -0.25) is 0 Å². The van der Waals surface area contributed by atoms with Gasteiger partial charge in [-0.15, -0.1) is 0 Å². The highest BCUT2D eigenvalue weighted by Crippen LogP contribution is 2.27. The van der Waals surface area contributed by atoms with Gasteiger partial charge < -0.3 is 5.32 Å². The first-order valence-corrected chi connectivity index (χ1v) is 7.66. The van der Waals surface area contributed by atoms with E-state index in [0.29, 0.717) is 5.92 Å². The maximum atomic E-state index is 6.34. The number of nitrogens with one attached hydrogen (secondary N) is 1. The first-order chi connectivity index (χ1) is 9.70. The molecule has 1 unspecified atom stereocenters. The summed E-state index contributed by atoms with van der Waals surface area (Å²) in [6, 6.07) is 16.1. The van der Waals surface area contributed by atoms with Crippen molar-refractivity contribution in [2.75, 3.05) is 13.1 Å². The summed E-state index contributed by atoms with van der Waals surface area (Å²) in [6.07, 6.45) is 0.928. The fourth-order valence-corrected chi connectivity index (χ4v) is 2.87. The van der Waals surface area contributed by atoms with Gasteiger partial charge in [-0.2, -0.15) is 0 Å². The lowest BCUT2D eigenvalue weighted by molar-refractivity contribution is 0.595. The van der Waals surface area contributed by atoms with Gasteiger partial charge in [0.15, 0.2) is 0 Å². The molecule has 0 aliphatic rings. The average Bonchev–Trinajstić information content (AvgIpc) is 2.44. The molecule has 0 saturated heterocycles. The summed E-state index contributed by atoms with van der Waals surface area (Å²) in [7, 11) is 0. The minimum Gasteiger partial charge on any atom is -0.316 e. The molecule has 0 aliphatic heterocycles. The Bertz CT molecular complexity index is 554. The average molecular weight is 308 g/mol. The van der Waals surface area contributed by atoms with E-state index in [1.807, 2.05) is 36.4 Å². The minimum atomic E-state index is 0.349. The summed E-state index contributed by atoms with van der Waals surface area (Å²) in [5, 5.41) is 5.03. The van der Waals surface area contributed by atoms with Crippen LogP contribution in [0.5, 0.6) is 0 Å². The van der Waals surface area contributed by atoms with E-state index in [1.54, 1.807) is 0 Å². The van der Waals surface area contributed by atoms with Crippen LogP contribution in [0.4, 0.5) is 0 Å². The smallest absolute Gasteiger partial charge is 0.0441 e. The second kappa shape index (κ2) is 7.68. The van der Waals surface area contributed by atoms with Crippen molar-refractivity contribution in [3.05, 3.63) is 69.7 Å². The molecule has 3 heteroatoms. The van der Waals surface area contributed by atoms with Crippen LogP contribution in [0.1, 0.15) is 24.0 Å². The topological polar surface area (TPSA) is 12.0 Å². The summed E-state index contributed by atoms with van der Waals surface area (Å²) in [5.74, 6) is 0.349. The highest BCUT2D eigenvalue weighted by atomic mass is 35.5. The number of rotatable bonds is 6. The number of hydrogen-bond donors (Lipinski definition) is 1. The third-order valence-electron chi connectivity index (χ3n) is 3.36. The van der Waals surface area contributed by atoms with E-state index < -0.39 is 0 Å². The van der Waals surface area contributed by atoms with Gasteiger partial charge in [0.25, 0.3) is 0 Å². The van der Waals surface area contributed by atoms with Crippen LogP contribution in [-0.4, -0.2) is 13.1 Å². The maximum Gasteiger partial charge on any atom is 0.0441 e. The van der Waals surface area contributed by atoms with Crippen molar-refractivity contribution in [1.29, 1.82) is 0 Å². The Labute approximate surface area is 130 Å². The molecule has 2 aromatic carbocycles. The van der Waals surface area contributed by atoms with E-state index in [4.69, 9.17) is 23.2 Å². The molecule has 106 valence electrons. The Morgan fingerprint density at radius 2 is 1.85 bits per heavy atom. The summed E-state index contributed by atoms with van der Waals surface area (Å²) in [5.41, 5.74) is 2.43. The van der Waals surface area contributed by atoms with Crippen LogP contribution in [0, 0.1) is 0 Å². The zero-order valence-electron chi connectivity index (χ0n) is 11.6. The highest BCUT2D eigenvalue weighted by molar-refractivity contribution is 6.31. The van der Waals surface area contributed by atoms with Crippen LogP contribution in [-0.2, 0) is 6.42 Å². The van der Waals surface area contributed by atoms with Gasteiger partial charge in [0, 0.05) is 22.5 Å². The first kappa shape index (κ1) is 15.4. The summed E-state index contributed by atoms with van der Waals surface area (Å²) in [6.45, 7) is 3.98. The summed E-state index contributed by atoms with van der Waals surface area (Å²) < 4.78 is 0. The number of halogens is 2. The van der Waals surface area contributed by atoms with Gasteiger partial charge in [0.05, 0.1) is 0 Å². The second-order valence-corrected chi connectivity index (χ2v) is 5.70. The van der Waals surface area contributed by atoms with Crippen LogP contribution in [0.25, 0.3) is 0 Å². The maximum absolute atomic E-state index is 6.34. The molecule has 0 aliphatic carbocycles. The van der Waals surface area contributed by atoms with Gasteiger partial charge in [-0.25, -0.2) is 0 Å². The molecule has 20 heavy (non-hydrogen) atoms. The van der Waals surface area contributed by atoms with E-state index in [-0.39, 0.29) is 0 Å². The zero-order chi connectivity index (χ0) is 14.4. The molecule has 2 aromatic rings. The lowest BCUT2D eigenvalue weighted by Crippen LogP contribution is -2.23. The molecular formula is C17H19Cl2N. The van der Waals surface area contributed by atoms with Crippen molar-refractivity contribution in [1.82, 2.24) is 5.32 Å². The van der Waals surface area contributed by atoms with Crippen molar-refractivity contribution in [2.24, 2.45) is 0 Å². The van der Waals surface area contributed by atoms with Crippen molar-refractivity contribution >= 4 is 23.2 Å². The molecule has 0 saturated carbocycles. The van der Waals surface area contributed by atoms with E-state index in [0.717, 1.165) is 29.6 Å². The van der Waals surface area contributed by atoms with Crippen LogP contribution < -0.4 is 5.32 Å². The van der Waals surface area contributed by atoms with Crippen LogP contribution in [0.2, 0.25) is 10.0 Å². The first-order valence-electron chi connectivity index (χ1n) is 6.90. The molecule has 0 fully saturated rings. The lowest BCUT2D eigenvalue weighted by atomic mass is 9.92. The minimum absolute atomic E-state index is 0.349. The van der Waals surface area contributed by atoms with Crippen molar-refractivity contribution in [2.45, 2.75) is 19.3 Å². The molecule has 0 radical (unpaired) electrons. The van der Waals surface area contributed by atoms with Gasteiger partial charge >= 0.3 is 0 Å². The van der Waals surface area contributed by atoms with E-state index in [1.165, 1.54) is 11.1 Å². The molecule has 0 aromatic heterocycles. The Hall–Kier alpha value is -1.02. The van der Waals surface area contributed by atoms with Crippen LogP contribution in [0.15, 0.2) is 48.5 Å². The molecule has 0 bridgehead atoms. The van der Waals surface area contributed by atoms with Gasteiger partial charge in [0.1, 0.15) is 0 Å². The predicted molar refractivity (Wildman–Crippen MR) is 87.9 cm³/mol. The molecule has 0 heterocycles. The SMILES string of the molecule is CCNCC(Cc1cccc(Cl)c1)c1ccccc1Cl. The lowest BCUT2D eigenvalue weighted by Gasteiger charge is -2.19. The molecule has 0 amide bonds. The van der Waals surface area contributed by atoms with Gasteiger partial charge in [0.2, 0.25) is 0 Å². The monoisotopic (exact) mass is 307 g/mol. The standard InChI is InChI=1S/C17H19Cl2N/c1-2-20-12-14(16-8-3-4-9-17(16)19)10-13-6-5-7-15(18)11-13/h3-9,11,14,20H,2,10,12H2,1H3. The van der Waals surface area contributed by atoms with E-state index in [2.05, 4.69) is 24.4 Å². The van der Waals surface area contributed by atoms with Crippen molar-refractivity contribution in [3.63, 3.8) is 0 Å². The highest BCUT2D eigenvalue weighted by Gasteiger charge is 2.15. The predicted octanol–water partition coefficient (Wildman–Crippen LogP) is 4.93. The molecule has 1 atom stereocenters. The van der Waals surface area contributed by atoms with E-state index >= 15 is 0 Å². The quantitative estimate of drug-likeness (QED) is 0.798. The Morgan fingerprint density at radius 3 is 2.55 bits per heavy atom. The van der Waals surface area contributed by atoms with Crippen LogP contribution in [0.3, 0.4) is 0 Å². The van der Waals surface area contributed by atoms with Crippen molar-refractivity contribution < 1.29 is 0 Å². The summed E-state index contributed by atoms with van der Waals surface area (Å²) in [4.78, 5) is 0. The summed E-state index contributed by atoms with van der Waals surface area (Å²) >= 11 is 12.4. The number of likely N-dealkylation sites (N-methyl/N-ethyl adjacent to an activating group) is 1. The Balaban J connectivity index is 2.22. The fourth-order valence-electron chi connectivity index (χ4n) is 2.37.